The zero-order valence-corrected chi connectivity index (χ0v) is 14.8. The van der Waals surface area contributed by atoms with Gasteiger partial charge in [0.1, 0.15) is 24.5 Å². The van der Waals surface area contributed by atoms with Gasteiger partial charge in [-0.05, 0) is 55.8 Å². The van der Waals surface area contributed by atoms with Crippen molar-refractivity contribution in [3.8, 4) is 0 Å². The second-order valence-corrected chi connectivity index (χ2v) is 6.04. The molecule has 0 aliphatic carbocycles. The number of halogens is 1. The molecule has 0 fully saturated rings. The van der Waals surface area contributed by atoms with E-state index in [1.165, 1.54) is 23.4 Å². The van der Waals surface area contributed by atoms with Gasteiger partial charge in [0.25, 0.3) is 5.91 Å². The predicted octanol–water partition coefficient (Wildman–Crippen LogP) is 3.18. The highest BCUT2D eigenvalue weighted by Crippen LogP contribution is 2.17. The maximum atomic E-state index is 13.6. The summed E-state index contributed by atoms with van der Waals surface area (Å²) in [5.41, 5.74) is 1.82. The fourth-order valence-electron chi connectivity index (χ4n) is 2.36. The van der Waals surface area contributed by atoms with Gasteiger partial charge in [-0.3, -0.25) is 9.59 Å². The quantitative estimate of drug-likeness (QED) is 0.725. The van der Waals surface area contributed by atoms with Gasteiger partial charge in [-0.1, -0.05) is 6.07 Å². The molecular weight excluding hydrogens is 349 g/mol. The summed E-state index contributed by atoms with van der Waals surface area (Å²) in [4.78, 5) is 28.2. The van der Waals surface area contributed by atoms with Crippen LogP contribution in [0.3, 0.4) is 0 Å². The number of nitrogens with zero attached hydrogens (tertiary/aromatic N) is 3. The molecule has 0 bridgehead atoms. The summed E-state index contributed by atoms with van der Waals surface area (Å²) in [6.07, 6.45) is 2.83. The van der Waals surface area contributed by atoms with Gasteiger partial charge < -0.3 is 10.6 Å². The predicted molar refractivity (Wildman–Crippen MR) is 98.9 cm³/mol. The zero-order valence-electron chi connectivity index (χ0n) is 14.8. The van der Waals surface area contributed by atoms with E-state index in [1.807, 2.05) is 0 Å². The number of carbonyl (C=O) groups is 2. The first kappa shape index (κ1) is 18.2. The summed E-state index contributed by atoms with van der Waals surface area (Å²) in [6, 6.07) is 10.4. The van der Waals surface area contributed by atoms with Crippen LogP contribution in [0.4, 0.5) is 15.8 Å². The van der Waals surface area contributed by atoms with E-state index in [0.29, 0.717) is 16.9 Å². The number of anilines is 2. The van der Waals surface area contributed by atoms with Gasteiger partial charge in [-0.2, -0.15) is 5.10 Å². The molecule has 0 saturated heterocycles. The number of rotatable bonds is 5. The summed E-state index contributed by atoms with van der Waals surface area (Å²) in [7, 11) is 0. The minimum atomic E-state index is -0.511. The van der Waals surface area contributed by atoms with Crippen LogP contribution in [0.25, 0.3) is 0 Å². The Morgan fingerprint density at radius 3 is 2.33 bits per heavy atom. The van der Waals surface area contributed by atoms with E-state index in [2.05, 4.69) is 20.7 Å². The van der Waals surface area contributed by atoms with E-state index >= 15 is 0 Å². The molecule has 1 atom stereocenters. The molecule has 2 N–H and O–H groups in total. The van der Waals surface area contributed by atoms with Crippen molar-refractivity contribution in [2.45, 2.75) is 19.9 Å². The monoisotopic (exact) mass is 367 g/mol. The molecule has 138 valence electrons. The van der Waals surface area contributed by atoms with Crippen molar-refractivity contribution in [2.24, 2.45) is 0 Å². The highest BCUT2D eigenvalue weighted by atomic mass is 19.1. The number of nitrogens with one attached hydrogen (secondary N) is 2. The van der Waals surface area contributed by atoms with E-state index in [9.17, 15) is 14.0 Å². The van der Waals surface area contributed by atoms with Gasteiger partial charge >= 0.3 is 0 Å². The number of aryl methyl sites for hydroxylation is 1. The van der Waals surface area contributed by atoms with Crippen molar-refractivity contribution in [2.75, 3.05) is 10.6 Å². The van der Waals surface area contributed by atoms with Crippen molar-refractivity contribution in [3.63, 3.8) is 0 Å². The molecule has 0 aliphatic rings. The molecular formula is C19H18FN5O2. The summed E-state index contributed by atoms with van der Waals surface area (Å²) in [6.45, 7) is 3.34. The first-order chi connectivity index (χ1) is 12.9. The lowest BCUT2D eigenvalue weighted by Gasteiger charge is -2.12. The van der Waals surface area contributed by atoms with E-state index in [1.54, 1.807) is 50.2 Å². The first-order valence-electron chi connectivity index (χ1n) is 8.26. The van der Waals surface area contributed by atoms with E-state index in [-0.39, 0.29) is 11.5 Å². The Hall–Kier alpha value is -3.55. The van der Waals surface area contributed by atoms with E-state index < -0.39 is 17.8 Å². The van der Waals surface area contributed by atoms with Gasteiger partial charge in [-0.25, -0.2) is 14.1 Å². The van der Waals surface area contributed by atoms with Crippen molar-refractivity contribution < 1.29 is 14.0 Å². The van der Waals surface area contributed by atoms with Gasteiger partial charge in [0, 0.05) is 16.9 Å². The first-order valence-corrected chi connectivity index (χ1v) is 8.26. The Morgan fingerprint density at radius 2 is 1.74 bits per heavy atom. The molecule has 8 heteroatoms. The second kappa shape index (κ2) is 7.77. The molecule has 0 aliphatic heterocycles. The fraction of sp³-hybridized carbons (Fsp3) is 0.158. The average Bonchev–Trinajstić information content (AvgIpc) is 3.19. The molecule has 0 saturated carbocycles. The molecule has 3 aromatic rings. The fourth-order valence-corrected chi connectivity index (χ4v) is 2.36. The Bertz CT molecular complexity index is 955. The molecule has 0 spiro atoms. The van der Waals surface area contributed by atoms with Gasteiger partial charge in [-0.15, -0.1) is 0 Å². The van der Waals surface area contributed by atoms with Crippen LogP contribution in [0, 0.1) is 12.7 Å². The van der Waals surface area contributed by atoms with Crippen LogP contribution in [0.2, 0.25) is 0 Å². The lowest BCUT2D eigenvalue weighted by molar-refractivity contribution is -0.119. The standard InChI is InChI=1S/C19H18FN5O2/c1-12-3-4-14(9-17(12)20)19(27)24-16-7-5-15(6-8-16)23-18(26)13(2)25-11-21-10-22-25/h3-11,13H,1-2H3,(H,23,26)(H,24,27)/t13-/m1/s1. The van der Waals surface area contributed by atoms with Crippen LogP contribution in [0.5, 0.6) is 0 Å². The highest BCUT2D eigenvalue weighted by molar-refractivity contribution is 6.04. The van der Waals surface area contributed by atoms with Crippen molar-refractivity contribution in [1.29, 1.82) is 0 Å². The van der Waals surface area contributed by atoms with E-state index in [0.717, 1.165) is 0 Å². The molecule has 27 heavy (non-hydrogen) atoms. The van der Waals surface area contributed by atoms with Crippen LogP contribution in [0.15, 0.2) is 55.1 Å². The number of benzene rings is 2. The van der Waals surface area contributed by atoms with Crippen LogP contribution < -0.4 is 10.6 Å². The molecule has 7 nitrogen and oxygen atoms in total. The summed E-state index contributed by atoms with van der Waals surface area (Å²) >= 11 is 0. The Labute approximate surface area is 155 Å². The summed E-state index contributed by atoms with van der Waals surface area (Å²) in [5.74, 6) is -1.08. The number of hydrogen-bond donors (Lipinski definition) is 2. The van der Waals surface area contributed by atoms with Crippen LogP contribution in [-0.2, 0) is 4.79 Å². The Kier molecular flexibility index (Phi) is 5.25. The third kappa shape index (κ3) is 4.35. The SMILES string of the molecule is Cc1ccc(C(=O)Nc2ccc(NC(=O)[C@@H](C)n3cncn3)cc2)cc1F. The van der Waals surface area contributed by atoms with Crippen molar-refractivity contribution in [1.82, 2.24) is 14.8 Å². The molecule has 0 radical (unpaired) electrons. The normalized spacial score (nSPS) is 11.7. The third-order valence-corrected chi connectivity index (χ3v) is 4.06. The molecule has 0 unspecified atom stereocenters. The minimum absolute atomic E-state index is 0.233. The summed E-state index contributed by atoms with van der Waals surface area (Å²) < 4.78 is 15.0. The minimum Gasteiger partial charge on any atom is -0.324 e. The molecule has 1 aromatic heterocycles. The maximum absolute atomic E-state index is 13.6. The van der Waals surface area contributed by atoms with E-state index in [4.69, 9.17) is 0 Å². The van der Waals surface area contributed by atoms with Crippen LogP contribution in [0.1, 0.15) is 28.9 Å². The zero-order chi connectivity index (χ0) is 19.4. The van der Waals surface area contributed by atoms with Crippen molar-refractivity contribution in [3.05, 3.63) is 72.1 Å². The molecule has 1 heterocycles. The van der Waals surface area contributed by atoms with Gasteiger partial charge in [0.2, 0.25) is 5.91 Å². The number of amides is 2. The Balaban J connectivity index is 1.62. The molecule has 2 amide bonds. The lowest BCUT2D eigenvalue weighted by Crippen LogP contribution is -2.24. The number of aromatic nitrogens is 3. The second-order valence-electron chi connectivity index (χ2n) is 6.04. The maximum Gasteiger partial charge on any atom is 0.255 e. The lowest BCUT2D eigenvalue weighted by atomic mass is 10.1. The topological polar surface area (TPSA) is 88.9 Å². The highest BCUT2D eigenvalue weighted by Gasteiger charge is 2.15. The number of hydrogen-bond acceptors (Lipinski definition) is 4. The molecule has 2 aromatic carbocycles. The third-order valence-electron chi connectivity index (χ3n) is 4.06. The molecule has 3 rings (SSSR count). The van der Waals surface area contributed by atoms with Crippen LogP contribution in [-0.4, -0.2) is 26.6 Å². The smallest absolute Gasteiger partial charge is 0.255 e. The average molecular weight is 367 g/mol. The Morgan fingerprint density at radius 1 is 1.07 bits per heavy atom. The van der Waals surface area contributed by atoms with Gasteiger partial charge in [0.15, 0.2) is 0 Å². The van der Waals surface area contributed by atoms with Crippen molar-refractivity contribution >= 4 is 23.2 Å². The summed E-state index contributed by atoms with van der Waals surface area (Å²) in [5, 5.41) is 9.39. The largest absolute Gasteiger partial charge is 0.324 e. The van der Waals surface area contributed by atoms with Gasteiger partial charge in [0.05, 0.1) is 0 Å². The van der Waals surface area contributed by atoms with Crippen LogP contribution >= 0.6 is 0 Å². The number of carbonyl (C=O) groups excluding carboxylic acids is 2.